The average molecular weight is 411 g/mol. The first kappa shape index (κ1) is 21.2. The molecule has 0 saturated heterocycles. The van der Waals surface area contributed by atoms with Gasteiger partial charge in [0.25, 0.3) is 0 Å². The normalized spacial score (nSPS) is 11.5. The van der Waals surface area contributed by atoms with Crippen LogP contribution in [0.2, 0.25) is 0 Å². The van der Waals surface area contributed by atoms with Gasteiger partial charge in [0.15, 0.2) is 0 Å². The van der Waals surface area contributed by atoms with Gasteiger partial charge in [-0.15, -0.1) is 0 Å². The van der Waals surface area contributed by atoms with Crippen molar-refractivity contribution in [1.29, 1.82) is 5.26 Å². The van der Waals surface area contributed by atoms with Crippen LogP contribution in [-0.2, 0) is 27.4 Å². The number of rotatable bonds is 6. The predicted octanol–water partition coefficient (Wildman–Crippen LogP) is 3.18. The summed E-state index contributed by atoms with van der Waals surface area (Å²) in [5, 5.41) is 11.1. The number of hydrogen-bond donors (Lipinski definition) is 1. The number of sulfonamides is 1. The van der Waals surface area contributed by atoms with E-state index in [0.29, 0.717) is 16.1 Å². The molecule has 2 aromatic carbocycles. The zero-order valence-electron chi connectivity index (χ0n) is 14.7. The molecule has 0 aliphatic carbocycles. The van der Waals surface area contributed by atoms with E-state index in [4.69, 9.17) is 5.26 Å². The highest BCUT2D eigenvalue weighted by molar-refractivity contribution is 7.92. The van der Waals surface area contributed by atoms with E-state index in [9.17, 15) is 26.4 Å². The van der Waals surface area contributed by atoms with E-state index in [0.717, 1.165) is 24.0 Å². The monoisotopic (exact) mass is 411 g/mol. The number of amides is 1. The summed E-state index contributed by atoms with van der Waals surface area (Å²) in [5.74, 6) is -0.726. The molecule has 0 bridgehead atoms. The molecular weight excluding hydrogens is 395 g/mol. The second kappa shape index (κ2) is 8.31. The van der Waals surface area contributed by atoms with Gasteiger partial charge in [-0.05, 0) is 35.9 Å². The molecule has 0 spiro atoms. The standard InChI is InChI=1S/C18H16F3N3O3S/c1-28(26,27)24(16-4-2-3-14(11-16)18(19,20)21)12-17(25)23-15-7-5-13(6-8-15)9-10-22/h2-8,11H,9,12H2,1H3,(H,23,25). The molecule has 0 aliphatic rings. The van der Waals surface area contributed by atoms with Crippen molar-refractivity contribution in [3.63, 3.8) is 0 Å². The van der Waals surface area contributed by atoms with Gasteiger partial charge in [-0.1, -0.05) is 18.2 Å². The quantitative estimate of drug-likeness (QED) is 0.791. The summed E-state index contributed by atoms with van der Waals surface area (Å²) in [6.45, 7) is -0.694. The number of alkyl halides is 3. The molecule has 0 aromatic heterocycles. The molecule has 6 nitrogen and oxygen atoms in total. The molecular formula is C18H16F3N3O3S. The molecule has 28 heavy (non-hydrogen) atoms. The Hall–Kier alpha value is -3.06. The minimum Gasteiger partial charge on any atom is -0.325 e. The van der Waals surface area contributed by atoms with E-state index in [-0.39, 0.29) is 12.1 Å². The van der Waals surface area contributed by atoms with Crippen LogP contribution in [0.1, 0.15) is 11.1 Å². The van der Waals surface area contributed by atoms with Gasteiger partial charge in [-0.25, -0.2) is 8.42 Å². The van der Waals surface area contributed by atoms with E-state index in [2.05, 4.69) is 5.32 Å². The summed E-state index contributed by atoms with van der Waals surface area (Å²) in [5.41, 5.74) is -0.185. The lowest BCUT2D eigenvalue weighted by Crippen LogP contribution is -2.37. The van der Waals surface area contributed by atoms with Crippen molar-refractivity contribution in [3.8, 4) is 6.07 Å². The van der Waals surface area contributed by atoms with Crippen LogP contribution >= 0.6 is 0 Å². The summed E-state index contributed by atoms with van der Waals surface area (Å²) in [6, 6.07) is 12.0. The molecule has 0 unspecified atom stereocenters. The maximum Gasteiger partial charge on any atom is 0.416 e. The third-order valence-corrected chi connectivity index (χ3v) is 4.81. The largest absolute Gasteiger partial charge is 0.416 e. The Balaban J connectivity index is 2.21. The van der Waals surface area contributed by atoms with Gasteiger partial charge in [0.2, 0.25) is 15.9 Å². The topological polar surface area (TPSA) is 90.3 Å². The molecule has 2 aromatic rings. The van der Waals surface area contributed by atoms with Crippen molar-refractivity contribution in [1.82, 2.24) is 0 Å². The number of carbonyl (C=O) groups is 1. The first-order valence-electron chi connectivity index (χ1n) is 7.91. The molecule has 0 aliphatic heterocycles. The van der Waals surface area contributed by atoms with E-state index in [1.54, 1.807) is 24.3 Å². The minimum absolute atomic E-state index is 0.200. The number of halogens is 3. The second-order valence-corrected chi connectivity index (χ2v) is 7.80. The lowest BCUT2D eigenvalue weighted by Gasteiger charge is -2.22. The van der Waals surface area contributed by atoms with Crippen molar-refractivity contribution in [3.05, 3.63) is 59.7 Å². The fourth-order valence-corrected chi connectivity index (χ4v) is 3.21. The summed E-state index contributed by atoms with van der Waals surface area (Å²) in [7, 11) is -4.01. The highest BCUT2D eigenvalue weighted by atomic mass is 32.2. The van der Waals surface area contributed by atoms with Gasteiger partial charge >= 0.3 is 6.18 Å². The third-order valence-electron chi connectivity index (χ3n) is 3.67. The summed E-state index contributed by atoms with van der Waals surface area (Å²) in [6.07, 6.45) is -3.64. The maximum absolute atomic E-state index is 12.9. The molecule has 1 amide bonds. The number of benzene rings is 2. The number of carbonyl (C=O) groups excluding carboxylic acids is 1. The molecule has 10 heteroatoms. The molecule has 0 fully saturated rings. The fraction of sp³-hybridized carbons (Fsp3) is 0.222. The van der Waals surface area contributed by atoms with Gasteiger partial charge in [0.1, 0.15) is 6.54 Å². The van der Waals surface area contributed by atoms with Crippen LogP contribution in [0.15, 0.2) is 48.5 Å². The smallest absolute Gasteiger partial charge is 0.325 e. The van der Waals surface area contributed by atoms with E-state index < -0.39 is 34.2 Å². The third kappa shape index (κ3) is 5.72. The Morgan fingerprint density at radius 3 is 2.36 bits per heavy atom. The van der Waals surface area contributed by atoms with Crippen LogP contribution in [0.5, 0.6) is 0 Å². The maximum atomic E-state index is 12.9. The molecule has 0 heterocycles. The van der Waals surface area contributed by atoms with Crippen LogP contribution in [0, 0.1) is 11.3 Å². The SMILES string of the molecule is CS(=O)(=O)N(CC(=O)Nc1ccc(CC#N)cc1)c1cccc(C(F)(F)F)c1. The second-order valence-electron chi connectivity index (χ2n) is 5.90. The van der Waals surface area contributed by atoms with Crippen molar-refractivity contribution >= 4 is 27.3 Å². The zero-order valence-corrected chi connectivity index (χ0v) is 15.5. The average Bonchev–Trinajstić information content (AvgIpc) is 2.60. The molecule has 148 valence electrons. The Kier molecular flexibility index (Phi) is 6.30. The Morgan fingerprint density at radius 1 is 1.18 bits per heavy atom. The van der Waals surface area contributed by atoms with Crippen LogP contribution in [0.4, 0.5) is 24.5 Å². The van der Waals surface area contributed by atoms with Gasteiger partial charge in [0.05, 0.1) is 30.0 Å². The Labute approximate surface area is 160 Å². The molecule has 1 N–H and O–H groups in total. The van der Waals surface area contributed by atoms with E-state index in [1.165, 1.54) is 6.07 Å². The first-order valence-corrected chi connectivity index (χ1v) is 9.76. The first-order chi connectivity index (χ1) is 13.0. The fourth-order valence-electron chi connectivity index (χ4n) is 2.37. The molecule has 0 saturated carbocycles. The van der Waals surface area contributed by atoms with Crippen LogP contribution in [0.3, 0.4) is 0 Å². The molecule has 2 rings (SSSR count). The van der Waals surface area contributed by atoms with Gasteiger partial charge in [-0.3, -0.25) is 9.10 Å². The molecule has 0 atom stereocenters. The van der Waals surface area contributed by atoms with Crippen molar-refractivity contribution in [2.24, 2.45) is 0 Å². The lowest BCUT2D eigenvalue weighted by molar-refractivity contribution is -0.137. The van der Waals surface area contributed by atoms with Crippen LogP contribution < -0.4 is 9.62 Å². The van der Waals surface area contributed by atoms with Crippen LogP contribution in [0.25, 0.3) is 0 Å². The van der Waals surface area contributed by atoms with Crippen molar-refractivity contribution < 1.29 is 26.4 Å². The number of anilines is 2. The summed E-state index contributed by atoms with van der Waals surface area (Å²) < 4.78 is 63.4. The van der Waals surface area contributed by atoms with Gasteiger partial charge in [-0.2, -0.15) is 18.4 Å². The highest BCUT2D eigenvalue weighted by Gasteiger charge is 2.32. The molecule has 0 radical (unpaired) electrons. The van der Waals surface area contributed by atoms with Crippen molar-refractivity contribution in [2.45, 2.75) is 12.6 Å². The lowest BCUT2D eigenvalue weighted by atomic mass is 10.1. The Bertz CT molecular complexity index is 997. The highest BCUT2D eigenvalue weighted by Crippen LogP contribution is 2.32. The summed E-state index contributed by atoms with van der Waals surface area (Å²) >= 11 is 0. The Morgan fingerprint density at radius 2 is 1.82 bits per heavy atom. The number of hydrogen-bond acceptors (Lipinski definition) is 4. The number of nitrogens with one attached hydrogen (secondary N) is 1. The van der Waals surface area contributed by atoms with Gasteiger partial charge in [0, 0.05) is 5.69 Å². The van der Waals surface area contributed by atoms with E-state index in [1.807, 2.05) is 6.07 Å². The number of nitrogens with zero attached hydrogens (tertiary/aromatic N) is 2. The minimum atomic E-state index is -4.65. The van der Waals surface area contributed by atoms with Crippen LogP contribution in [-0.4, -0.2) is 27.1 Å². The number of nitriles is 1. The van der Waals surface area contributed by atoms with Gasteiger partial charge < -0.3 is 5.32 Å². The summed E-state index contributed by atoms with van der Waals surface area (Å²) in [4.78, 5) is 12.2. The van der Waals surface area contributed by atoms with Crippen molar-refractivity contribution in [2.75, 3.05) is 22.4 Å². The van der Waals surface area contributed by atoms with E-state index >= 15 is 0 Å². The predicted molar refractivity (Wildman–Crippen MR) is 98.0 cm³/mol. The zero-order chi connectivity index (χ0) is 20.9.